The van der Waals surface area contributed by atoms with Crippen LogP contribution in [0, 0.1) is 6.92 Å². The van der Waals surface area contributed by atoms with Crippen molar-refractivity contribution in [1.82, 2.24) is 4.90 Å². The van der Waals surface area contributed by atoms with Crippen molar-refractivity contribution in [2.45, 2.75) is 59.4 Å². The first kappa shape index (κ1) is 21.8. The molecule has 2 aromatic rings. The first-order valence-electron chi connectivity index (χ1n) is 10.7. The highest BCUT2D eigenvalue weighted by atomic mass is 16.5. The maximum atomic E-state index is 13.1. The molecule has 0 bridgehead atoms. The predicted octanol–water partition coefficient (Wildman–Crippen LogP) is 5.47. The number of rotatable bonds is 6. The van der Waals surface area contributed by atoms with E-state index in [9.17, 15) is 9.59 Å². The highest BCUT2D eigenvalue weighted by molar-refractivity contribution is 5.95. The molecule has 4 nitrogen and oxygen atoms in total. The summed E-state index contributed by atoms with van der Waals surface area (Å²) in [6.07, 6.45) is 0.262. The molecule has 0 saturated heterocycles. The number of ether oxygens (including phenoxy) is 1. The Hall–Kier alpha value is -2.88. The molecule has 3 rings (SSSR count). The molecule has 0 radical (unpaired) electrons. The van der Waals surface area contributed by atoms with Gasteiger partial charge < -0.3 is 9.64 Å². The second kappa shape index (κ2) is 9.29. The van der Waals surface area contributed by atoms with Crippen molar-refractivity contribution < 1.29 is 14.3 Å². The molecule has 4 heteroatoms. The van der Waals surface area contributed by atoms with Crippen LogP contribution < -0.4 is 0 Å². The van der Waals surface area contributed by atoms with E-state index in [2.05, 4.69) is 32.0 Å². The van der Waals surface area contributed by atoms with Crippen LogP contribution in [-0.2, 0) is 20.9 Å². The molecule has 0 spiro atoms. The lowest BCUT2D eigenvalue weighted by atomic mass is 9.83. The third-order valence-corrected chi connectivity index (χ3v) is 5.75. The van der Waals surface area contributed by atoms with E-state index in [0.29, 0.717) is 30.3 Å². The largest absolute Gasteiger partial charge is 0.463 e. The Bertz CT molecular complexity index is 956. The molecule has 1 aliphatic heterocycles. The lowest BCUT2D eigenvalue weighted by Crippen LogP contribution is -2.38. The van der Waals surface area contributed by atoms with Gasteiger partial charge in [0.2, 0.25) is 5.91 Å². The summed E-state index contributed by atoms with van der Waals surface area (Å²) in [4.78, 5) is 27.7. The number of benzene rings is 2. The summed E-state index contributed by atoms with van der Waals surface area (Å²) >= 11 is 0. The fraction of sp³-hybridized carbons (Fsp3) is 0.385. The van der Waals surface area contributed by atoms with Crippen molar-refractivity contribution in [3.05, 3.63) is 82.1 Å². The zero-order valence-corrected chi connectivity index (χ0v) is 18.6. The quantitative estimate of drug-likeness (QED) is 0.599. The zero-order valence-electron chi connectivity index (χ0n) is 18.6. The first-order valence-corrected chi connectivity index (χ1v) is 10.7. The van der Waals surface area contributed by atoms with E-state index in [0.717, 1.165) is 16.7 Å². The van der Waals surface area contributed by atoms with Gasteiger partial charge in [-0.2, -0.15) is 0 Å². The first-order chi connectivity index (χ1) is 14.3. The maximum absolute atomic E-state index is 13.1. The van der Waals surface area contributed by atoms with Crippen LogP contribution in [0.3, 0.4) is 0 Å². The SMILES string of the molecule is CCOC(=O)C1=C(C)N(Cc2cccc(C)c2)C(=O)CC1c1ccc(C(C)C)cc1. The second-order valence-corrected chi connectivity index (χ2v) is 8.27. The summed E-state index contributed by atoms with van der Waals surface area (Å²) < 4.78 is 5.38. The molecule has 1 atom stereocenters. The summed E-state index contributed by atoms with van der Waals surface area (Å²) in [7, 11) is 0. The lowest BCUT2D eigenvalue weighted by molar-refractivity contribution is -0.140. The van der Waals surface area contributed by atoms with Crippen molar-refractivity contribution in [2.24, 2.45) is 0 Å². The van der Waals surface area contributed by atoms with Gasteiger partial charge in [-0.25, -0.2) is 4.79 Å². The number of aryl methyl sites for hydroxylation is 1. The van der Waals surface area contributed by atoms with Crippen molar-refractivity contribution >= 4 is 11.9 Å². The summed E-state index contributed by atoms with van der Waals surface area (Å²) in [5, 5.41) is 0. The van der Waals surface area contributed by atoms with Gasteiger partial charge in [-0.1, -0.05) is 67.9 Å². The zero-order chi connectivity index (χ0) is 21.8. The smallest absolute Gasteiger partial charge is 0.336 e. The Morgan fingerprint density at radius 1 is 1.13 bits per heavy atom. The van der Waals surface area contributed by atoms with Crippen LogP contribution in [-0.4, -0.2) is 23.4 Å². The summed E-state index contributed by atoms with van der Waals surface area (Å²) in [5.74, 6) is -0.167. The molecule has 0 N–H and O–H groups in total. The van der Waals surface area contributed by atoms with Crippen LogP contribution in [0.25, 0.3) is 0 Å². The molecule has 2 aromatic carbocycles. The number of nitrogens with zero attached hydrogens (tertiary/aromatic N) is 1. The van der Waals surface area contributed by atoms with E-state index < -0.39 is 0 Å². The molecule has 1 amide bonds. The van der Waals surface area contributed by atoms with Crippen LogP contribution in [0.2, 0.25) is 0 Å². The van der Waals surface area contributed by atoms with Crippen LogP contribution in [0.4, 0.5) is 0 Å². The van der Waals surface area contributed by atoms with Crippen LogP contribution in [0.1, 0.15) is 68.2 Å². The topological polar surface area (TPSA) is 46.6 Å². The number of esters is 1. The Morgan fingerprint density at radius 2 is 1.83 bits per heavy atom. The number of amides is 1. The molecule has 30 heavy (non-hydrogen) atoms. The predicted molar refractivity (Wildman–Crippen MR) is 119 cm³/mol. The standard InChI is InChI=1S/C26H31NO3/c1-6-30-26(29)25-19(5)27(16-20-9-7-8-18(4)14-20)24(28)15-23(25)22-12-10-21(11-13-22)17(2)3/h7-14,17,23H,6,15-16H2,1-5H3. The van der Waals surface area contributed by atoms with Gasteiger partial charge in [-0.3, -0.25) is 4.79 Å². The van der Waals surface area contributed by atoms with Crippen molar-refractivity contribution in [3.8, 4) is 0 Å². The monoisotopic (exact) mass is 405 g/mol. The van der Waals surface area contributed by atoms with Gasteiger partial charge in [-0.15, -0.1) is 0 Å². The lowest BCUT2D eigenvalue weighted by Gasteiger charge is -2.34. The van der Waals surface area contributed by atoms with Crippen molar-refractivity contribution in [2.75, 3.05) is 6.61 Å². The minimum Gasteiger partial charge on any atom is -0.463 e. The van der Waals surface area contributed by atoms with Crippen LogP contribution in [0.15, 0.2) is 59.8 Å². The van der Waals surface area contributed by atoms with Gasteiger partial charge in [0, 0.05) is 18.0 Å². The van der Waals surface area contributed by atoms with E-state index in [4.69, 9.17) is 4.74 Å². The van der Waals surface area contributed by atoms with E-state index in [-0.39, 0.29) is 24.2 Å². The van der Waals surface area contributed by atoms with Gasteiger partial charge >= 0.3 is 5.97 Å². The van der Waals surface area contributed by atoms with Crippen molar-refractivity contribution in [1.29, 1.82) is 0 Å². The molecule has 0 fully saturated rings. The molecule has 0 aromatic heterocycles. The number of hydrogen-bond acceptors (Lipinski definition) is 3. The summed E-state index contributed by atoms with van der Waals surface area (Å²) in [5.41, 5.74) is 5.68. The molecule has 158 valence electrons. The fourth-order valence-electron chi connectivity index (χ4n) is 4.07. The Morgan fingerprint density at radius 3 is 2.43 bits per heavy atom. The van der Waals surface area contributed by atoms with Gasteiger partial charge in [0.25, 0.3) is 0 Å². The Labute approximate surface area is 179 Å². The highest BCUT2D eigenvalue weighted by Crippen LogP contribution is 2.38. The number of carbonyl (C=O) groups excluding carboxylic acids is 2. The molecule has 0 saturated carbocycles. The van der Waals surface area contributed by atoms with Gasteiger partial charge in [-0.05, 0) is 43.4 Å². The van der Waals surface area contributed by atoms with Crippen LogP contribution >= 0.6 is 0 Å². The van der Waals surface area contributed by atoms with Crippen molar-refractivity contribution in [3.63, 3.8) is 0 Å². The maximum Gasteiger partial charge on any atom is 0.336 e. The van der Waals surface area contributed by atoms with Gasteiger partial charge in [0.15, 0.2) is 0 Å². The minimum atomic E-state index is -0.338. The third kappa shape index (κ3) is 4.64. The summed E-state index contributed by atoms with van der Waals surface area (Å²) in [6, 6.07) is 16.3. The molecule has 0 aliphatic carbocycles. The number of allylic oxidation sites excluding steroid dienone is 1. The third-order valence-electron chi connectivity index (χ3n) is 5.75. The van der Waals surface area contributed by atoms with Gasteiger partial charge in [0.1, 0.15) is 0 Å². The van der Waals surface area contributed by atoms with E-state index >= 15 is 0 Å². The van der Waals surface area contributed by atoms with E-state index in [1.165, 1.54) is 5.56 Å². The number of hydrogen-bond donors (Lipinski definition) is 0. The molecule has 1 unspecified atom stereocenters. The Kier molecular flexibility index (Phi) is 6.76. The highest BCUT2D eigenvalue weighted by Gasteiger charge is 2.36. The minimum absolute atomic E-state index is 0.0278. The molecule has 1 heterocycles. The van der Waals surface area contributed by atoms with E-state index in [1.807, 2.05) is 44.2 Å². The molecule has 1 aliphatic rings. The normalized spacial score (nSPS) is 16.9. The van der Waals surface area contributed by atoms with Crippen LogP contribution in [0.5, 0.6) is 0 Å². The number of carbonyl (C=O) groups is 2. The van der Waals surface area contributed by atoms with E-state index in [1.54, 1.807) is 11.8 Å². The summed E-state index contributed by atoms with van der Waals surface area (Å²) in [6.45, 7) is 10.7. The van der Waals surface area contributed by atoms with Gasteiger partial charge in [0.05, 0.1) is 18.7 Å². The average Bonchev–Trinajstić information content (AvgIpc) is 2.71. The average molecular weight is 406 g/mol. The fourth-order valence-corrected chi connectivity index (χ4v) is 4.07. The molecular formula is C26H31NO3. The Balaban J connectivity index is 2.00. The molecular weight excluding hydrogens is 374 g/mol. The second-order valence-electron chi connectivity index (χ2n) is 8.27.